The highest BCUT2D eigenvalue weighted by Crippen LogP contribution is 2.36. The average molecular weight is 582 g/mol. The molecular formula is C30H32ClN3O7. The van der Waals surface area contributed by atoms with Gasteiger partial charge in [0.1, 0.15) is 34.8 Å². The number of halogens is 1. The highest BCUT2D eigenvalue weighted by atomic mass is 35.5. The summed E-state index contributed by atoms with van der Waals surface area (Å²) in [4.78, 5) is 17.3. The predicted octanol–water partition coefficient (Wildman–Crippen LogP) is 6.87. The summed E-state index contributed by atoms with van der Waals surface area (Å²) in [6, 6.07) is 12.6. The molecule has 0 unspecified atom stereocenters. The van der Waals surface area contributed by atoms with Crippen molar-refractivity contribution in [1.29, 1.82) is 0 Å². The summed E-state index contributed by atoms with van der Waals surface area (Å²) in [6.07, 6.45) is 1.04. The predicted molar refractivity (Wildman–Crippen MR) is 153 cm³/mol. The molecule has 0 atom stereocenters. The largest absolute Gasteiger partial charge is 0.488 e. The molecule has 0 spiro atoms. The van der Waals surface area contributed by atoms with E-state index >= 15 is 0 Å². The van der Waals surface area contributed by atoms with Crippen LogP contribution in [0.15, 0.2) is 64.1 Å². The third-order valence-electron chi connectivity index (χ3n) is 6.28. The molecule has 1 amide bonds. The van der Waals surface area contributed by atoms with Gasteiger partial charge in [-0.2, -0.15) is 4.98 Å². The molecule has 10 nitrogen and oxygen atoms in total. The minimum atomic E-state index is -1.10. The van der Waals surface area contributed by atoms with Gasteiger partial charge >= 0.3 is 6.09 Å². The summed E-state index contributed by atoms with van der Waals surface area (Å²) in [5.74, 6) is 0.892. The minimum absolute atomic E-state index is 0.125. The van der Waals surface area contributed by atoms with Crippen LogP contribution in [0.4, 0.5) is 4.79 Å². The smallest absolute Gasteiger partial charge is 0.408 e. The van der Waals surface area contributed by atoms with Gasteiger partial charge in [0.25, 0.3) is 5.89 Å². The van der Waals surface area contributed by atoms with Crippen molar-refractivity contribution in [3.8, 4) is 28.6 Å². The lowest BCUT2D eigenvalue weighted by Gasteiger charge is -2.42. The summed E-state index contributed by atoms with van der Waals surface area (Å²) in [5.41, 5.74) is 0.186. The number of benzene rings is 2. The Kier molecular flexibility index (Phi) is 7.58. The Morgan fingerprint density at radius 2 is 1.85 bits per heavy atom. The number of carbonyl (C=O) groups is 1. The molecule has 1 N–H and O–H groups in total. The van der Waals surface area contributed by atoms with Gasteiger partial charge < -0.3 is 33.2 Å². The van der Waals surface area contributed by atoms with Crippen LogP contribution in [0, 0.1) is 0 Å². The number of hydrogen-bond donors (Lipinski definition) is 1. The number of nitrogens with one attached hydrogen (secondary N) is 1. The maximum atomic E-state index is 12.8. The maximum Gasteiger partial charge on any atom is 0.408 e. The number of ether oxygens (including phenoxy) is 4. The first-order valence-electron chi connectivity index (χ1n) is 13.1. The number of hydrogen-bond acceptors (Lipinski definition) is 9. The Hall–Kier alpha value is -3.86. The number of rotatable bonds is 7. The molecule has 0 saturated carbocycles. The zero-order chi connectivity index (χ0) is 29.4. The van der Waals surface area contributed by atoms with Crippen LogP contribution in [0.25, 0.3) is 33.8 Å². The van der Waals surface area contributed by atoms with Crippen LogP contribution in [0.5, 0.6) is 5.75 Å². The normalized spacial score (nSPS) is 16.3. The fourth-order valence-corrected chi connectivity index (χ4v) is 4.46. The molecule has 1 fully saturated rings. The molecular weight excluding hydrogens is 550 g/mol. The first kappa shape index (κ1) is 28.7. The SMILES string of the molecule is C=CCOc1ccc(-c2nc(-c3ccc4oc(C5(NC(=O)OC(C)(C)C)COC(C)(C)OC5)cc4c3)no2)cc1Cl. The Labute approximate surface area is 242 Å². The highest BCUT2D eigenvalue weighted by molar-refractivity contribution is 6.32. The Morgan fingerprint density at radius 1 is 1.12 bits per heavy atom. The van der Waals surface area contributed by atoms with Gasteiger partial charge in [0.15, 0.2) is 5.79 Å². The molecule has 1 saturated heterocycles. The van der Waals surface area contributed by atoms with Crippen molar-refractivity contribution >= 4 is 28.7 Å². The van der Waals surface area contributed by atoms with Crippen molar-refractivity contribution < 1.29 is 32.7 Å². The summed E-state index contributed by atoms with van der Waals surface area (Å²) in [5, 5.41) is 8.27. The maximum absolute atomic E-state index is 12.8. The van der Waals surface area contributed by atoms with E-state index in [1.165, 1.54) is 0 Å². The van der Waals surface area contributed by atoms with E-state index < -0.39 is 23.0 Å². The van der Waals surface area contributed by atoms with Gasteiger partial charge in [-0.3, -0.25) is 0 Å². The monoisotopic (exact) mass is 581 g/mol. The summed E-state index contributed by atoms with van der Waals surface area (Å²) < 4.78 is 34.6. The molecule has 11 heteroatoms. The van der Waals surface area contributed by atoms with E-state index in [9.17, 15) is 4.79 Å². The number of aromatic nitrogens is 2. The van der Waals surface area contributed by atoms with Crippen LogP contribution in [0.3, 0.4) is 0 Å². The standard InChI is InChI=1S/C30H32ClN3O7/c1-7-12-36-23-11-9-19(14-21(23)31)26-32-25(34-41-26)18-8-10-22-20(13-18)15-24(39-22)30(16-37-29(5,6)38-17-30)33-27(35)40-28(2,3)4/h7-11,13-15H,1,12,16-17H2,2-6H3,(H,33,35). The zero-order valence-corrected chi connectivity index (χ0v) is 24.3. The third-order valence-corrected chi connectivity index (χ3v) is 6.58. The van der Waals surface area contributed by atoms with Gasteiger partial charge in [-0.15, -0.1) is 0 Å². The lowest BCUT2D eigenvalue weighted by molar-refractivity contribution is -0.274. The third kappa shape index (κ3) is 6.40. The topological polar surface area (TPSA) is 118 Å². The quantitative estimate of drug-likeness (QED) is 0.233. The molecule has 0 radical (unpaired) electrons. The molecule has 41 heavy (non-hydrogen) atoms. The van der Waals surface area contributed by atoms with E-state index in [1.807, 2.05) is 38.1 Å². The molecule has 2 aromatic carbocycles. The first-order chi connectivity index (χ1) is 19.4. The molecule has 216 valence electrons. The van der Waals surface area contributed by atoms with Gasteiger partial charge in [-0.05, 0) is 77.1 Å². The summed E-state index contributed by atoms with van der Waals surface area (Å²) in [7, 11) is 0. The van der Waals surface area contributed by atoms with Gasteiger partial charge in [-0.1, -0.05) is 29.4 Å². The fourth-order valence-electron chi connectivity index (χ4n) is 4.23. The molecule has 2 aromatic heterocycles. The van der Waals surface area contributed by atoms with E-state index in [4.69, 9.17) is 39.5 Å². The van der Waals surface area contributed by atoms with Gasteiger partial charge in [0.2, 0.25) is 5.82 Å². The van der Waals surface area contributed by atoms with Gasteiger partial charge in [0, 0.05) is 16.5 Å². The number of fused-ring (bicyclic) bond motifs is 1. The van der Waals surface area contributed by atoms with E-state index in [0.29, 0.717) is 51.6 Å². The van der Waals surface area contributed by atoms with Crippen LogP contribution in [0.2, 0.25) is 5.02 Å². The summed E-state index contributed by atoms with van der Waals surface area (Å²) >= 11 is 6.35. The van der Waals surface area contributed by atoms with Crippen LogP contribution in [-0.2, 0) is 19.7 Å². The van der Waals surface area contributed by atoms with E-state index in [0.717, 1.165) is 5.39 Å². The fraction of sp³-hybridized carbons (Fsp3) is 0.367. The van der Waals surface area contributed by atoms with Crippen LogP contribution < -0.4 is 10.1 Å². The number of carbonyl (C=O) groups excluding carboxylic acids is 1. The Morgan fingerprint density at radius 3 is 2.54 bits per heavy atom. The second-order valence-corrected chi connectivity index (χ2v) is 11.6. The van der Waals surface area contributed by atoms with E-state index in [-0.39, 0.29) is 13.2 Å². The lowest BCUT2D eigenvalue weighted by Crippen LogP contribution is -2.59. The van der Waals surface area contributed by atoms with Crippen LogP contribution in [-0.4, -0.2) is 47.4 Å². The lowest BCUT2D eigenvalue weighted by atomic mass is 9.96. The van der Waals surface area contributed by atoms with Crippen molar-refractivity contribution in [2.75, 3.05) is 19.8 Å². The molecule has 5 rings (SSSR count). The average Bonchev–Trinajstić information content (AvgIpc) is 3.56. The highest BCUT2D eigenvalue weighted by Gasteiger charge is 2.46. The number of nitrogens with zero attached hydrogens (tertiary/aromatic N) is 2. The van der Waals surface area contributed by atoms with Crippen molar-refractivity contribution in [2.45, 2.75) is 51.5 Å². The van der Waals surface area contributed by atoms with E-state index in [1.54, 1.807) is 45.0 Å². The molecule has 1 aliphatic heterocycles. The van der Waals surface area contributed by atoms with Crippen molar-refractivity contribution in [3.63, 3.8) is 0 Å². The van der Waals surface area contributed by atoms with Gasteiger partial charge in [-0.25, -0.2) is 4.79 Å². The summed E-state index contributed by atoms with van der Waals surface area (Å²) in [6.45, 7) is 13.2. The number of furan rings is 1. The second kappa shape index (κ2) is 10.8. The van der Waals surface area contributed by atoms with Crippen molar-refractivity contribution in [1.82, 2.24) is 15.5 Å². The second-order valence-electron chi connectivity index (χ2n) is 11.2. The zero-order valence-electron chi connectivity index (χ0n) is 23.6. The Balaban J connectivity index is 1.42. The minimum Gasteiger partial charge on any atom is -0.488 e. The van der Waals surface area contributed by atoms with Crippen molar-refractivity contribution in [3.05, 3.63) is 65.9 Å². The molecule has 4 aromatic rings. The van der Waals surface area contributed by atoms with Crippen LogP contribution in [0.1, 0.15) is 40.4 Å². The van der Waals surface area contributed by atoms with Crippen molar-refractivity contribution in [2.24, 2.45) is 0 Å². The van der Waals surface area contributed by atoms with Gasteiger partial charge in [0.05, 0.1) is 18.2 Å². The molecule has 3 heterocycles. The number of amides is 1. The molecule has 1 aliphatic rings. The Bertz CT molecular complexity index is 1570. The van der Waals surface area contributed by atoms with E-state index in [2.05, 4.69) is 22.0 Å². The molecule has 0 aliphatic carbocycles. The molecule has 0 bridgehead atoms. The number of alkyl carbamates (subject to hydrolysis) is 1. The van der Waals surface area contributed by atoms with Crippen LogP contribution >= 0.6 is 11.6 Å². The first-order valence-corrected chi connectivity index (χ1v) is 13.5.